The van der Waals surface area contributed by atoms with Crippen molar-refractivity contribution in [1.29, 1.82) is 0 Å². The molecule has 0 amide bonds. The number of thiazole rings is 1. The number of halogens is 6. The van der Waals surface area contributed by atoms with Gasteiger partial charge in [-0.15, -0.1) is 0 Å². The summed E-state index contributed by atoms with van der Waals surface area (Å²) >= 11 is 1.13. The van der Waals surface area contributed by atoms with E-state index in [1.807, 2.05) is 0 Å². The quantitative estimate of drug-likeness (QED) is 0.559. The van der Waals surface area contributed by atoms with Crippen LogP contribution >= 0.6 is 11.3 Å². The normalized spacial score (nSPS) is 16.2. The number of aromatic nitrogens is 3. The predicted octanol–water partition coefficient (Wildman–Crippen LogP) is 4.48. The number of benzene rings is 1. The van der Waals surface area contributed by atoms with Crippen LogP contribution in [0.2, 0.25) is 0 Å². The number of anilines is 3. The monoisotopic (exact) mass is 461 g/mol. The standard InChI is InChI=1S/C18H13F6N5OS/c19-17(20,21)13-4-5-25-14(28-13)27-11-3-1-2-10(6-11)12-7-26-15(31-12)29-8-16(30,9-29)18(22,23)24/h1-7,30H,8-9H2,(H,25,27,28). The van der Waals surface area contributed by atoms with Crippen LogP contribution in [-0.4, -0.2) is 44.9 Å². The van der Waals surface area contributed by atoms with E-state index in [1.165, 1.54) is 11.1 Å². The summed E-state index contributed by atoms with van der Waals surface area (Å²) in [6.45, 7) is -1.20. The van der Waals surface area contributed by atoms with Crippen LogP contribution in [0.5, 0.6) is 0 Å². The van der Waals surface area contributed by atoms with Crippen molar-refractivity contribution in [1.82, 2.24) is 15.0 Å². The Balaban J connectivity index is 1.49. The number of rotatable bonds is 4. The molecule has 0 atom stereocenters. The Bertz CT molecular complexity index is 1090. The highest BCUT2D eigenvalue weighted by atomic mass is 32.1. The van der Waals surface area contributed by atoms with Gasteiger partial charge in [0.2, 0.25) is 5.95 Å². The topological polar surface area (TPSA) is 74.2 Å². The van der Waals surface area contributed by atoms with Crippen LogP contribution in [0, 0.1) is 0 Å². The van der Waals surface area contributed by atoms with Gasteiger partial charge in [-0.3, -0.25) is 0 Å². The van der Waals surface area contributed by atoms with Crippen LogP contribution < -0.4 is 10.2 Å². The number of hydrogen-bond donors (Lipinski definition) is 2. The van der Waals surface area contributed by atoms with E-state index in [1.54, 1.807) is 24.3 Å². The van der Waals surface area contributed by atoms with E-state index in [2.05, 4.69) is 20.3 Å². The molecule has 1 aromatic carbocycles. The molecule has 31 heavy (non-hydrogen) atoms. The maximum atomic E-state index is 12.8. The number of aliphatic hydroxyl groups is 1. The summed E-state index contributed by atoms with van der Waals surface area (Å²) in [4.78, 5) is 13.3. The molecule has 2 N–H and O–H groups in total. The van der Waals surface area contributed by atoms with Crippen LogP contribution in [0.25, 0.3) is 10.4 Å². The van der Waals surface area contributed by atoms with Crippen LogP contribution in [0.4, 0.5) is 43.1 Å². The van der Waals surface area contributed by atoms with Gasteiger partial charge in [-0.2, -0.15) is 26.3 Å². The zero-order valence-electron chi connectivity index (χ0n) is 15.4. The molecule has 4 rings (SSSR count). The summed E-state index contributed by atoms with van der Waals surface area (Å²) in [5.41, 5.74) is -2.76. The lowest BCUT2D eigenvalue weighted by Gasteiger charge is -2.46. The first kappa shape index (κ1) is 21.3. The second-order valence-electron chi connectivity index (χ2n) is 6.86. The van der Waals surface area contributed by atoms with E-state index in [-0.39, 0.29) is 5.95 Å². The fraction of sp³-hybridized carbons (Fsp3) is 0.278. The first-order valence-electron chi connectivity index (χ1n) is 8.72. The van der Waals surface area contributed by atoms with Crippen molar-refractivity contribution in [2.75, 3.05) is 23.3 Å². The number of β-amino-alcohol motifs (C(OH)–C–C–N with tert-alkyl or cyclic N) is 1. The van der Waals surface area contributed by atoms with Gasteiger partial charge in [0.1, 0.15) is 5.69 Å². The van der Waals surface area contributed by atoms with Gasteiger partial charge < -0.3 is 15.3 Å². The minimum Gasteiger partial charge on any atom is -0.378 e. The van der Waals surface area contributed by atoms with E-state index in [4.69, 9.17) is 0 Å². The molecule has 2 aromatic heterocycles. The Morgan fingerprint density at radius 3 is 2.48 bits per heavy atom. The maximum absolute atomic E-state index is 12.8. The molecule has 0 unspecified atom stereocenters. The lowest BCUT2D eigenvalue weighted by Crippen LogP contribution is -2.69. The van der Waals surface area contributed by atoms with Crippen molar-refractivity contribution in [3.05, 3.63) is 48.4 Å². The second kappa shape index (κ2) is 7.34. The molecule has 13 heteroatoms. The van der Waals surface area contributed by atoms with Gasteiger partial charge in [0.05, 0.1) is 18.0 Å². The first-order chi connectivity index (χ1) is 14.4. The fourth-order valence-corrected chi connectivity index (χ4v) is 3.81. The van der Waals surface area contributed by atoms with Gasteiger partial charge in [0, 0.05) is 18.1 Å². The average Bonchev–Trinajstić information content (AvgIpc) is 3.14. The van der Waals surface area contributed by atoms with Crippen molar-refractivity contribution in [2.45, 2.75) is 18.0 Å². The lowest BCUT2D eigenvalue weighted by molar-refractivity contribution is -0.267. The zero-order valence-corrected chi connectivity index (χ0v) is 16.2. The molecule has 3 aromatic rings. The first-order valence-corrected chi connectivity index (χ1v) is 9.54. The fourth-order valence-electron chi connectivity index (χ4n) is 2.90. The van der Waals surface area contributed by atoms with Crippen LogP contribution in [0.3, 0.4) is 0 Å². The molecule has 164 valence electrons. The Morgan fingerprint density at radius 2 is 1.81 bits per heavy atom. The Kier molecular flexibility index (Phi) is 5.04. The molecule has 1 saturated heterocycles. The van der Waals surface area contributed by atoms with E-state index in [0.29, 0.717) is 21.3 Å². The van der Waals surface area contributed by atoms with Gasteiger partial charge in [-0.05, 0) is 23.8 Å². The van der Waals surface area contributed by atoms with Crippen molar-refractivity contribution in [3.63, 3.8) is 0 Å². The molecule has 0 aliphatic carbocycles. The molecule has 1 aliphatic heterocycles. The summed E-state index contributed by atoms with van der Waals surface area (Å²) in [6, 6.07) is 7.36. The highest BCUT2D eigenvalue weighted by Gasteiger charge is 2.61. The van der Waals surface area contributed by atoms with Crippen LogP contribution in [-0.2, 0) is 6.18 Å². The van der Waals surface area contributed by atoms with Crippen LogP contribution in [0.15, 0.2) is 42.7 Å². The minimum absolute atomic E-state index is 0.232. The molecule has 3 heterocycles. The molecule has 0 bridgehead atoms. The van der Waals surface area contributed by atoms with Gasteiger partial charge in [0.25, 0.3) is 0 Å². The zero-order chi connectivity index (χ0) is 22.4. The molecule has 6 nitrogen and oxygen atoms in total. The number of nitrogens with zero attached hydrogens (tertiary/aromatic N) is 4. The number of alkyl halides is 6. The Hall–Kier alpha value is -2.93. The Labute approximate surface area is 175 Å². The second-order valence-corrected chi connectivity index (χ2v) is 7.87. The van der Waals surface area contributed by atoms with Crippen LogP contribution in [0.1, 0.15) is 5.69 Å². The Morgan fingerprint density at radius 1 is 1.06 bits per heavy atom. The summed E-state index contributed by atoms with van der Waals surface area (Å²) in [7, 11) is 0. The third kappa shape index (κ3) is 4.28. The summed E-state index contributed by atoms with van der Waals surface area (Å²) in [5.74, 6) is -0.232. The molecule has 1 aliphatic rings. The third-order valence-electron chi connectivity index (χ3n) is 4.55. The van der Waals surface area contributed by atoms with E-state index in [0.717, 1.165) is 23.6 Å². The highest BCUT2D eigenvalue weighted by Crippen LogP contribution is 2.42. The summed E-state index contributed by atoms with van der Waals surface area (Å²) in [6.07, 6.45) is -6.85. The minimum atomic E-state index is -4.71. The lowest BCUT2D eigenvalue weighted by atomic mass is 9.94. The van der Waals surface area contributed by atoms with Gasteiger partial charge in [-0.25, -0.2) is 15.0 Å². The van der Waals surface area contributed by atoms with Gasteiger partial charge in [0.15, 0.2) is 10.7 Å². The van der Waals surface area contributed by atoms with Gasteiger partial charge >= 0.3 is 12.4 Å². The van der Waals surface area contributed by atoms with Crippen molar-refractivity contribution >= 4 is 28.1 Å². The molecule has 1 fully saturated rings. The largest absolute Gasteiger partial charge is 0.433 e. The summed E-state index contributed by atoms with van der Waals surface area (Å²) < 4.78 is 76.8. The average molecular weight is 461 g/mol. The molecule has 0 spiro atoms. The van der Waals surface area contributed by atoms with Crippen molar-refractivity contribution in [3.8, 4) is 10.4 Å². The SMILES string of the molecule is OC1(C(F)(F)F)CN(c2ncc(-c3cccc(Nc4nccc(C(F)(F)F)n4)c3)s2)C1. The van der Waals surface area contributed by atoms with Crippen molar-refractivity contribution < 1.29 is 31.4 Å². The van der Waals surface area contributed by atoms with E-state index < -0.39 is 36.7 Å². The molecular formula is C18H13F6N5OS. The van der Waals surface area contributed by atoms with E-state index >= 15 is 0 Å². The third-order valence-corrected chi connectivity index (χ3v) is 5.65. The summed E-state index contributed by atoms with van der Waals surface area (Å²) in [5, 5.41) is 12.6. The number of hydrogen-bond acceptors (Lipinski definition) is 7. The van der Waals surface area contributed by atoms with Crippen molar-refractivity contribution in [2.24, 2.45) is 0 Å². The smallest absolute Gasteiger partial charge is 0.378 e. The highest BCUT2D eigenvalue weighted by molar-refractivity contribution is 7.18. The molecular weight excluding hydrogens is 448 g/mol. The maximum Gasteiger partial charge on any atom is 0.433 e. The molecule has 0 radical (unpaired) electrons. The van der Waals surface area contributed by atoms with E-state index in [9.17, 15) is 31.4 Å². The van der Waals surface area contributed by atoms with Gasteiger partial charge in [-0.1, -0.05) is 23.5 Å². The predicted molar refractivity (Wildman–Crippen MR) is 101 cm³/mol. The number of nitrogens with one attached hydrogen (secondary N) is 1. The molecule has 0 saturated carbocycles.